The molecule has 0 saturated heterocycles. The van der Waals surface area contributed by atoms with E-state index in [1.165, 1.54) is 0 Å². The highest BCUT2D eigenvalue weighted by Gasteiger charge is 1.76. The van der Waals surface area contributed by atoms with E-state index < -0.39 is 0 Å². The lowest BCUT2D eigenvalue weighted by atomic mass is 10.4. The minimum absolute atomic E-state index is 0.194. The van der Waals surface area contributed by atoms with Gasteiger partial charge in [-0.2, -0.15) is 0 Å². The summed E-state index contributed by atoms with van der Waals surface area (Å²) < 4.78 is 0. The number of carbonyl (C=O) groups is 1. The van der Waals surface area contributed by atoms with E-state index in [-0.39, 0.29) is 11.1 Å². The molecule has 0 fully saturated rings. The van der Waals surface area contributed by atoms with Crippen LogP contribution in [0.4, 0.5) is 0 Å². The second-order valence-electron chi connectivity index (χ2n) is 1.16. The van der Waals surface area contributed by atoms with Gasteiger partial charge in [0.25, 0.3) is 0 Å². The Labute approximate surface area is 72.1 Å². The molecule has 0 aliphatic carbocycles. The van der Waals surface area contributed by atoms with Crippen LogP contribution in [0.5, 0.6) is 0 Å². The molecule has 10 heavy (non-hydrogen) atoms. The molecular weight excluding hydrogens is 175 g/mol. The first-order valence-corrected chi connectivity index (χ1v) is 3.82. The third kappa shape index (κ3) is 87.4. The highest BCUT2D eigenvalue weighted by atomic mass is 35.5. The second-order valence-corrected chi connectivity index (χ2v) is 1.96. The molecule has 0 spiro atoms. The van der Waals surface area contributed by atoms with Gasteiger partial charge in [-0.3, -0.25) is 0 Å². The van der Waals surface area contributed by atoms with Gasteiger partial charge in [0.2, 0.25) is 0 Å². The summed E-state index contributed by atoms with van der Waals surface area (Å²) in [6, 6.07) is 0. The average molecular weight is 189 g/mol. The molecule has 0 radical (unpaired) electrons. The number of aliphatic hydroxyl groups is 1. The molecule has 0 aliphatic heterocycles. The monoisotopic (exact) mass is 188 g/mol. The van der Waals surface area contributed by atoms with Crippen LogP contribution in [0, 0.1) is 0 Å². The minimum Gasteiger partial charge on any atom is -0.400 e. The van der Waals surface area contributed by atoms with Gasteiger partial charge in [-0.05, 0) is 6.92 Å². The first-order valence-electron chi connectivity index (χ1n) is 2.75. The average Bonchev–Trinajstić information content (AvgIpc) is 1.94. The van der Waals surface area contributed by atoms with Gasteiger partial charge in [0.05, 0.1) is 5.34 Å². The number of rotatable bonds is 1. The number of hydrogen-bond donors (Lipinski definition) is 1. The van der Waals surface area contributed by atoms with Crippen LogP contribution in [-0.4, -0.2) is 23.3 Å². The number of ketones is 1. The standard InChI is InChI=1S/C4H8O.CH2Cl2.CH4O/c1-3-4(2)5;2-1-3;1-2/h3H2,1-2H3;1H2;2H,1H3. The largest absolute Gasteiger partial charge is 0.400 e. The van der Waals surface area contributed by atoms with Crippen LogP contribution in [0.2, 0.25) is 0 Å². The van der Waals surface area contributed by atoms with Crippen LogP contribution in [0.15, 0.2) is 0 Å². The van der Waals surface area contributed by atoms with Gasteiger partial charge in [-0.15, -0.1) is 23.2 Å². The lowest BCUT2D eigenvalue weighted by molar-refractivity contribution is -0.116. The zero-order valence-electron chi connectivity index (χ0n) is 6.53. The summed E-state index contributed by atoms with van der Waals surface area (Å²) in [6.45, 7) is 3.43. The van der Waals surface area contributed by atoms with Crippen molar-refractivity contribution < 1.29 is 9.90 Å². The van der Waals surface area contributed by atoms with Gasteiger partial charge in [0.15, 0.2) is 0 Å². The molecule has 0 aromatic carbocycles. The summed E-state index contributed by atoms with van der Waals surface area (Å²) in [4.78, 5) is 9.81. The molecule has 0 aromatic rings. The van der Waals surface area contributed by atoms with Crippen molar-refractivity contribution in [3.05, 3.63) is 0 Å². The number of alkyl halides is 2. The van der Waals surface area contributed by atoms with Gasteiger partial charge in [-0.1, -0.05) is 6.92 Å². The molecule has 0 rings (SSSR count). The maximum Gasteiger partial charge on any atom is 0.129 e. The summed E-state index contributed by atoms with van der Waals surface area (Å²) in [6.07, 6.45) is 0.667. The molecule has 0 saturated carbocycles. The topological polar surface area (TPSA) is 37.3 Å². The number of hydrogen-bond acceptors (Lipinski definition) is 2. The molecule has 0 bridgehead atoms. The number of aliphatic hydroxyl groups excluding tert-OH is 1. The van der Waals surface area contributed by atoms with Crippen LogP contribution in [0.3, 0.4) is 0 Å². The Morgan fingerprint density at radius 2 is 1.50 bits per heavy atom. The van der Waals surface area contributed by atoms with E-state index in [4.69, 9.17) is 28.3 Å². The Hall–Kier alpha value is 0.210. The third-order valence-electron chi connectivity index (χ3n) is 0.498. The lowest BCUT2D eigenvalue weighted by Crippen LogP contribution is -1.80. The number of carbonyl (C=O) groups excluding carboxylic acids is 1. The van der Waals surface area contributed by atoms with Gasteiger partial charge < -0.3 is 9.90 Å². The zero-order valence-corrected chi connectivity index (χ0v) is 8.04. The van der Waals surface area contributed by atoms with Crippen molar-refractivity contribution in [3.8, 4) is 0 Å². The molecule has 0 aliphatic rings. The first kappa shape index (κ1) is 16.7. The van der Waals surface area contributed by atoms with E-state index in [1.807, 2.05) is 6.92 Å². The van der Waals surface area contributed by atoms with Gasteiger partial charge in [0.1, 0.15) is 5.78 Å². The normalized spacial score (nSPS) is 6.20. The Morgan fingerprint density at radius 1 is 1.40 bits per heavy atom. The lowest BCUT2D eigenvalue weighted by Gasteiger charge is -1.71. The van der Waals surface area contributed by atoms with Crippen molar-refractivity contribution >= 4 is 29.0 Å². The summed E-state index contributed by atoms with van der Waals surface area (Å²) in [5.74, 6) is 0.255. The Balaban J connectivity index is -0.0000000847. The molecule has 64 valence electrons. The molecule has 1 N–H and O–H groups in total. The van der Waals surface area contributed by atoms with E-state index in [9.17, 15) is 4.79 Å². The Bertz CT molecular complexity index is 57.7. The van der Waals surface area contributed by atoms with Crippen LogP contribution in [0.1, 0.15) is 20.3 Å². The minimum atomic E-state index is 0.194. The molecular formula is C6H14Cl2O2. The van der Waals surface area contributed by atoms with Gasteiger partial charge >= 0.3 is 0 Å². The fraction of sp³-hybridized carbons (Fsp3) is 0.833. The van der Waals surface area contributed by atoms with Gasteiger partial charge in [-0.25, -0.2) is 0 Å². The van der Waals surface area contributed by atoms with Crippen LogP contribution in [0.25, 0.3) is 0 Å². The maximum atomic E-state index is 9.81. The number of halogens is 2. The van der Waals surface area contributed by atoms with E-state index in [2.05, 4.69) is 0 Å². The van der Waals surface area contributed by atoms with Crippen molar-refractivity contribution in [2.75, 3.05) is 12.4 Å². The molecule has 0 unspecified atom stereocenters. The fourth-order valence-electron chi connectivity index (χ4n) is 0. The maximum absolute atomic E-state index is 9.81. The summed E-state index contributed by atoms with van der Waals surface area (Å²) in [5, 5.41) is 7.19. The quantitative estimate of drug-likeness (QED) is 0.640. The zero-order chi connectivity index (χ0) is 8.99. The fourth-order valence-corrected chi connectivity index (χ4v) is 0. The summed E-state index contributed by atoms with van der Waals surface area (Å²) in [7, 11) is 1.00. The van der Waals surface area contributed by atoms with E-state index in [0.29, 0.717) is 6.42 Å². The molecule has 0 atom stereocenters. The third-order valence-corrected chi connectivity index (χ3v) is 0.498. The van der Waals surface area contributed by atoms with E-state index in [1.54, 1.807) is 6.92 Å². The van der Waals surface area contributed by atoms with Crippen molar-refractivity contribution in [1.29, 1.82) is 0 Å². The smallest absolute Gasteiger partial charge is 0.129 e. The molecule has 0 amide bonds. The summed E-state index contributed by atoms with van der Waals surface area (Å²) in [5.41, 5.74) is 0. The summed E-state index contributed by atoms with van der Waals surface area (Å²) >= 11 is 9.53. The second kappa shape index (κ2) is 22.9. The van der Waals surface area contributed by atoms with Crippen molar-refractivity contribution in [2.45, 2.75) is 20.3 Å². The highest BCUT2D eigenvalue weighted by Crippen LogP contribution is 1.73. The molecule has 4 heteroatoms. The van der Waals surface area contributed by atoms with Gasteiger partial charge in [0, 0.05) is 13.5 Å². The van der Waals surface area contributed by atoms with Crippen molar-refractivity contribution in [3.63, 3.8) is 0 Å². The molecule has 0 heterocycles. The Kier molecular flexibility index (Phi) is 38.1. The van der Waals surface area contributed by atoms with Crippen LogP contribution >= 0.6 is 23.2 Å². The molecule has 0 aromatic heterocycles. The molecule has 2 nitrogen and oxygen atoms in total. The van der Waals surface area contributed by atoms with Crippen molar-refractivity contribution in [2.24, 2.45) is 0 Å². The predicted octanol–water partition coefficient (Wildman–Crippen LogP) is 2.02. The predicted molar refractivity (Wildman–Crippen MR) is 45.7 cm³/mol. The number of Topliss-reactive ketones (excluding diaryl/α,β-unsaturated/α-hetero) is 1. The van der Waals surface area contributed by atoms with Crippen molar-refractivity contribution in [1.82, 2.24) is 0 Å². The Morgan fingerprint density at radius 3 is 1.50 bits per heavy atom. The van der Waals surface area contributed by atoms with E-state index >= 15 is 0 Å². The van der Waals surface area contributed by atoms with Crippen LogP contribution < -0.4 is 0 Å². The highest BCUT2D eigenvalue weighted by molar-refractivity contribution is 6.40. The SMILES string of the molecule is CCC(C)=O.CO.ClCCl. The first-order chi connectivity index (χ1) is 4.68. The van der Waals surface area contributed by atoms with Crippen LogP contribution in [-0.2, 0) is 4.79 Å². The van der Waals surface area contributed by atoms with E-state index in [0.717, 1.165) is 7.11 Å².